The van der Waals surface area contributed by atoms with Crippen molar-refractivity contribution in [2.45, 2.75) is 60.2 Å². The summed E-state index contributed by atoms with van der Waals surface area (Å²) in [6, 6.07) is 6.19. The number of benzene rings is 1. The molecular weight excluding hydrogens is 370 g/mol. The lowest BCUT2D eigenvalue weighted by Crippen LogP contribution is -2.36. The van der Waals surface area contributed by atoms with E-state index in [0.29, 0.717) is 44.0 Å². The SMILES string of the molecule is CCCOc1cc(C)ccc1CN=C(NCC)NCc1nc(C(C)OCC)no1. The molecule has 2 N–H and O–H groups in total. The van der Waals surface area contributed by atoms with Crippen LogP contribution in [0.4, 0.5) is 0 Å². The van der Waals surface area contributed by atoms with Crippen molar-refractivity contribution in [2.75, 3.05) is 19.8 Å². The number of rotatable bonds is 11. The van der Waals surface area contributed by atoms with Crippen LogP contribution in [0.1, 0.15) is 63.1 Å². The number of aryl methyl sites for hydroxylation is 1. The van der Waals surface area contributed by atoms with Gasteiger partial charge in [0.1, 0.15) is 11.9 Å². The maximum Gasteiger partial charge on any atom is 0.246 e. The van der Waals surface area contributed by atoms with Crippen molar-refractivity contribution in [2.24, 2.45) is 4.99 Å². The highest BCUT2D eigenvalue weighted by molar-refractivity contribution is 5.79. The van der Waals surface area contributed by atoms with Crippen LogP contribution in [0.15, 0.2) is 27.7 Å². The van der Waals surface area contributed by atoms with E-state index in [1.165, 1.54) is 5.56 Å². The van der Waals surface area contributed by atoms with E-state index in [0.717, 1.165) is 24.3 Å². The van der Waals surface area contributed by atoms with E-state index >= 15 is 0 Å². The van der Waals surface area contributed by atoms with E-state index in [1.54, 1.807) is 0 Å². The largest absolute Gasteiger partial charge is 0.493 e. The molecule has 0 aliphatic heterocycles. The van der Waals surface area contributed by atoms with Crippen molar-refractivity contribution >= 4 is 5.96 Å². The maximum atomic E-state index is 5.88. The van der Waals surface area contributed by atoms with Gasteiger partial charge in [-0.15, -0.1) is 0 Å². The first-order chi connectivity index (χ1) is 14.1. The van der Waals surface area contributed by atoms with Gasteiger partial charge in [0.2, 0.25) is 5.89 Å². The Morgan fingerprint density at radius 3 is 2.79 bits per heavy atom. The molecule has 8 heteroatoms. The molecule has 160 valence electrons. The molecule has 1 unspecified atom stereocenters. The Kier molecular flexibility index (Phi) is 9.43. The Morgan fingerprint density at radius 1 is 1.24 bits per heavy atom. The number of guanidine groups is 1. The van der Waals surface area contributed by atoms with Crippen LogP contribution in [0.3, 0.4) is 0 Å². The minimum Gasteiger partial charge on any atom is -0.493 e. The molecule has 1 aromatic carbocycles. The van der Waals surface area contributed by atoms with E-state index in [-0.39, 0.29) is 6.10 Å². The van der Waals surface area contributed by atoms with E-state index in [9.17, 15) is 0 Å². The molecule has 0 aliphatic carbocycles. The van der Waals surface area contributed by atoms with Crippen molar-refractivity contribution < 1.29 is 14.0 Å². The summed E-state index contributed by atoms with van der Waals surface area (Å²) in [6.07, 6.45) is 0.775. The molecule has 0 bridgehead atoms. The standard InChI is InChI=1S/C21H33N5O3/c1-6-11-28-18-12-15(4)9-10-17(18)13-23-21(22-7-2)24-14-19-25-20(26-29-19)16(5)27-8-3/h9-10,12,16H,6-8,11,13-14H2,1-5H3,(H2,22,23,24). The summed E-state index contributed by atoms with van der Waals surface area (Å²) in [7, 11) is 0. The van der Waals surface area contributed by atoms with Crippen molar-refractivity contribution in [1.29, 1.82) is 0 Å². The highest BCUT2D eigenvalue weighted by atomic mass is 16.5. The minimum absolute atomic E-state index is 0.192. The Labute approximate surface area is 173 Å². The molecule has 1 atom stereocenters. The van der Waals surface area contributed by atoms with Gasteiger partial charge in [0.15, 0.2) is 11.8 Å². The van der Waals surface area contributed by atoms with Gasteiger partial charge in [0.25, 0.3) is 0 Å². The summed E-state index contributed by atoms with van der Waals surface area (Å²) in [5, 5.41) is 10.4. The van der Waals surface area contributed by atoms with Crippen molar-refractivity contribution in [3.63, 3.8) is 0 Å². The van der Waals surface area contributed by atoms with Crippen LogP contribution in [-0.2, 0) is 17.8 Å². The van der Waals surface area contributed by atoms with Crippen LogP contribution in [0.25, 0.3) is 0 Å². The quantitative estimate of drug-likeness (QED) is 0.438. The fourth-order valence-electron chi connectivity index (χ4n) is 2.63. The van der Waals surface area contributed by atoms with Crippen molar-refractivity contribution in [1.82, 2.24) is 20.8 Å². The van der Waals surface area contributed by atoms with Gasteiger partial charge in [0.05, 0.1) is 19.7 Å². The third kappa shape index (κ3) is 7.38. The van der Waals surface area contributed by atoms with E-state index in [4.69, 9.17) is 14.0 Å². The summed E-state index contributed by atoms with van der Waals surface area (Å²) in [5.41, 5.74) is 2.22. The van der Waals surface area contributed by atoms with Crippen molar-refractivity contribution in [3.8, 4) is 5.75 Å². The maximum absolute atomic E-state index is 5.88. The van der Waals surface area contributed by atoms with Crippen LogP contribution >= 0.6 is 0 Å². The van der Waals surface area contributed by atoms with Gasteiger partial charge < -0.3 is 24.6 Å². The highest BCUT2D eigenvalue weighted by Crippen LogP contribution is 2.21. The van der Waals surface area contributed by atoms with Crippen molar-refractivity contribution in [3.05, 3.63) is 41.0 Å². The predicted molar refractivity (Wildman–Crippen MR) is 113 cm³/mol. The fourth-order valence-corrected chi connectivity index (χ4v) is 2.63. The van der Waals surface area contributed by atoms with Gasteiger partial charge in [0, 0.05) is 18.7 Å². The monoisotopic (exact) mass is 403 g/mol. The van der Waals surface area contributed by atoms with Gasteiger partial charge in [-0.2, -0.15) is 4.98 Å². The smallest absolute Gasteiger partial charge is 0.246 e. The van der Waals surface area contributed by atoms with Crippen LogP contribution in [0.2, 0.25) is 0 Å². The topological polar surface area (TPSA) is 93.8 Å². The second-order valence-electron chi connectivity index (χ2n) is 6.65. The molecule has 0 fully saturated rings. The zero-order valence-corrected chi connectivity index (χ0v) is 18.1. The highest BCUT2D eigenvalue weighted by Gasteiger charge is 2.14. The van der Waals surface area contributed by atoms with Gasteiger partial charge >= 0.3 is 0 Å². The second kappa shape index (κ2) is 12.1. The first kappa shape index (κ1) is 22.7. The summed E-state index contributed by atoms with van der Waals surface area (Å²) in [4.78, 5) is 9.04. The van der Waals surface area contributed by atoms with Crippen LogP contribution in [0.5, 0.6) is 5.75 Å². The Morgan fingerprint density at radius 2 is 2.07 bits per heavy atom. The average molecular weight is 404 g/mol. The van der Waals surface area contributed by atoms with Crippen LogP contribution in [-0.4, -0.2) is 35.9 Å². The molecule has 2 rings (SSSR count). The van der Waals surface area contributed by atoms with E-state index in [2.05, 4.69) is 57.8 Å². The third-order valence-corrected chi connectivity index (χ3v) is 4.11. The van der Waals surface area contributed by atoms with E-state index in [1.807, 2.05) is 20.8 Å². The van der Waals surface area contributed by atoms with Gasteiger partial charge in [-0.1, -0.05) is 24.2 Å². The third-order valence-electron chi connectivity index (χ3n) is 4.11. The van der Waals surface area contributed by atoms with Gasteiger partial charge in [-0.3, -0.25) is 0 Å². The molecule has 8 nitrogen and oxygen atoms in total. The summed E-state index contributed by atoms with van der Waals surface area (Å²) in [5.74, 6) is 2.59. The number of nitrogens with zero attached hydrogens (tertiary/aromatic N) is 3. The molecular formula is C21H33N5O3. The summed E-state index contributed by atoms with van der Waals surface area (Å²) < 4.78 is 16.7. The van der Waals surface area contributed by atoms with Gasteiger partial charge in [-0.05, 0) is 45.7 Å². The normalized spacial score (nSPS) is 12.7. The number of hydrogen-bond acceptors (Lipinski definition) is 6. The van der Waals surface area contributed by atoms with Crippen LogP contribution < -0.4 is 15.4 Å². The molecule has 0 aliphatic rings. The number of nitrogens with one attached hydrogen (secondary N) is 2. The molecule has 2 aromatic rings. The Hall–Kier alpha value is -2.61. The first-order valence-corrected chi connectivity index (χ1v) is 10.3. The van der Waals surface area contributed by atoms with Crippen LogP contribution in [0, 0.1) is 6.92 Å². The Balaban J connectivity index is 2.01. The lowest BCUT2D eigenvalue weighted by Gasteiger charge is -2.12. The summed E-state index contributed by atoms with van der Waals surface area (Å²) >= 11 is 0. The molecule has 0 spiro atoms. The average Bonchev–Trinajstić information content (AvgIpc) is 3.19. The fraction of sp³-hybridized carbons (Fsp3) is 0.571. The molecule has 1 heterocycles. The number of aliphatic imine (C=N–C) groups is 1. The lowest BCUT2D eigenvalue weighted by atomic mass is 10.1. The molecule has 0 saturated heterocycles. The Bertz CT molecular complexity index is 775. The minimum atomic E-state index is -0.192. The molecule has 1 aromatic heterocycles. The molecule has 0 radical (unpaired) electrons. The zero-order chi connectivity index (χ0) is 21.1. The molecule has 0 amide bonds. The summed E-state index contributed by atoms with van der Waals surface area (Å²) in [6.45, 7) is 12.9. The van der Waals surface area contributed by atoms with E-state index < -0.39 is 0 Å². The molecule has 0 saturated carbocycles. The number of ether oxygens (including phenoxy) is 2. The first-order valence-electron chi connectivity index (χ1n) is 10.3. The lowest BCUT2D eigenvalue weighted by molar-refractivity contribution is 0.0683. The van der Waals surface area contributed by atoms with Gasteiger partial charge in [-0.25, -0.2) is 4.99 Å². The zero-order valence-electron chi connectivity index (χ0n) is 18.1. The number of aromatic nitrogens is 2. The second-order valence-corrected chi connectivity index (χ2v) is 6.65. The number of hydrogen-bond donors (Lipinski definition) is 2. The predicted octanol–water partition coefficient (Wildman–Crippen LogP) is 3.52. The molecule has 29 heavy (non-hydrogen) atoms.